The lowest BCUT2D eigenvalue weighted by Gasteiger charge is -2.12. The number of carbonyl (C=O) groups is 1. The van der Waals surface area contributed by atoms with Gasteiger partial charge in [-0.3, -0.25) is 4.79 Å². The van der Waals surface area contributed by atoms with Crippen LogP contribution in [0.5, 0.6) is 5.75 Å². The van der Waals surface area contributed by atoms with Crippen molar-refractivity contribution >= 4 is 6.29 Å². The van der Waals surface area contributed by atoms with E-state index in [0.29, 0.717) is 5.56 Å². The van der Waals surface area contributed by atoms with Gasteiger partial charge in [0, 0.05) is 5.56 Å². The number of hydrogen-bond acceptors (Lipinski definition) is 2. The lowest BCUT2D eigenvalue weighted by atomic mass is 9.96. The highest BCUT2D eigenvalue weighted by Crippen LogP contribution is 2.31. The van der Waals surface area contributed by atoms with Gasteiger partial charge in [-0.2, -0.15) is 0 Å². The molecule has 0 aliphatic carbocycles. The van der Waals surface area contributed by atoms with Crippen LogP contribution in [0.15, 0.2) is 36.4 Å². The summed E-state index contributed by atoms with van der Waals surface area (Å²) in [6.07, 6.45) is 0.893. The van der Waals surface area contributed by atoms with Gasteiger partial charge >= 0.3 is 0 Å². The lowest BCUT2D eigenvalue weighted by molar-refractivity contribution is 0.112. The highest BCUT2D eigenvalue weighted by Gasteiger charge is 2.09. The normalized spacial score (nSPS) is 10.2. The molecule has 92 valence electrons. The van der Waals surface area contributed by atoms with Crippen LogP contribution in [-0.4, -0.2) is 13.4 Å². The van der Waals surface area contributed by atoms with Crippen LogP contribution in [0.2, 0.25) is 0 Å². The number of carbonyl (C=O) groups excluding carboxylic acids is 1. The zero-order valence-corrected chi connectivity index (χ0v) is 10.9. The van der Waals surface area contributed by atoms with Crippen molar-refractivity contribution in [2.45, 2.75) is 13.8 Å². The zero-order chi connectivity index (χ0) is 13.1. The number of aldehydes is 1. The van der Waals surface area contributed by atoms with Crippen LogP contribution < -0.4 is 4.74 Å². The Morgan fingerprint density at radius 3 is 2.22 bits per heavy atom. The molecule has 2 heteroatoms. The second-order valence-electron chi connectivity index (χ2n) is 4.35. The van der Waals surface area contributed by atoms with Crippen molar-refractivity contribution in [2.24, 2.45) is 0 Å². The third-order valence-corrected chi connectivity index (χ3v) is 3.06. The van der Waals surface area contributed by atoms with E-state index in [1.165, 1.54) is 0 Å². The molecule has 0 aliphatic rings. The van der Waals surface area contributed by atoms with E-state index in [4.69, 9.17) is 4.74 Å². The third kappa shape index (κ3) is 2.14. The molecule has 2 nitrogen and oxygen atoms in total. The van der Waals surface area contributed by atoms with Crippen molar-refractivity contribution in [1.82, 2.24) is 0 Å². The Kier molecular flexibility index (Phi) is 3.47. The maximum Gasteiger partial charge on any atom is 0.150 e. The number of ether oxygens (including phenoxy) is 1. The zero-order valence-electron chi connectivity index (χ0n) is 10.9. The summed E-state index contributed by atoms with van der Waals surface area (Å²) in [5.41, 5.74) is 4.87. The van der Waals surface area contributed by atoms with Gasteiger partial charge in [0.2, 0.25) is 0 Å². The monoisotopic (exact) mass is 240 g/mol. The number of benzene rings is 2. The molecule has 0 saturated carbocycles. The summed E-state index contributed by atoms with van der Waals surface area (Å²) in [6.45, 7) is 4.03. The molecule has 0 unspecified atom stereocenters. The highest BCUT2D eigenvalue weighted by molar-refractivity contribution is 5.88. The van der Waals surface area contributed by atoms with E-state index in [1.54, 1.807) is 7.11 Å². The van der Waals surface area contributed by atoms with Gasteiger partial charge in [0.05, 0.1) is 7.11 Å². The predicted octanol–water partition coefficient (Wildman–Crippen LogP) is 3.79. The highest BCUT2D eigenvalue weighted by atomic mass is 16.5. The fraction of sp³-hybridized carbons (Fsp3) is 0.188. The Balaban J connectivity index is 2.62. The minimum Gasteiger partial charge on any atom is -0.496 e. The quantitative estimate of drug-likeness (QED) is 0.763. The van der Waals surface area contributed by atoms with Crippen LogP contribution >= 0.6 is 0 Å². The van der Waals surface area contributed by atoms with Crippen molar-refractivity contribution < 1.29 is 9.53 Å². The van der Waals surface area contributed by atoms with E-state index in [-0.39, 0.29) is 0 Å². The van der Waals surface area contributed by atoms with Crippen molar-refractivity contribution in [3.63, 3.8) is 0 Å². The summed E-state index contributed by atoms with van der Waals surface area (Å²) in [7, 11) is 1.67. The molecule has 0 saturated heterocycles. The second-order valence-corrected chi connectivity index (χ2v) is 4.35. The number of methoxy groups -OCH3 is 1. The predicted molar refractivity (Wildman–Crippen MR) is 73.3 cm³/mol. The van der Waals surface area contributed by atoms with Crippen molar-refractivity contribution in [3.8, 4) is 16.9 Å². The number of hydrogen-bond donors (Lipinski definition) is 0. The number of rotatable bonds is 3. The molecule has 0 radical (unpaired) electrons. The van der Waals surface area contributed by atoms with Crippen molar-refractivity contribution in [3.05, 3.63) is 53.1 Å². The molecular weight excluding hydrogens is 224 g/mol. The molecule has 18 heavy (non-hydrogen) atoms. The van der Waals surface area contributed by atoms with Crippen LogP contribution in [-0.2, 0) is 0 Å². The van der Waals surface area contributed by atoms with Gasteiger partial charge in [-0.15, -0.1) is 0 Å². The van der Waals surface area contributed by atoms with E-state index < -0.39 is 0 Å². The Morgan fingerprint density at radius 2 is 1.67 bits per heavy atom. The lowest BCUT2D eigenvalue weighted by Crippen LogP contribution is -1.93. The Bertz CT molecular complexity index is 562. The summed E-state index contributed by atoms with van der Waals surface area (Å²) >= 11 is 0. The molecule has 0 aromatic heterocycles. The van der Waals surface area contributed by atoms with E-state index in [1.807, 2.05) is 50.2 Å². The van der Waals surface area contributed by atoms with Crippen LogP contribution in [0.4, 0.5) is 0 Å². The molecule has 0 N–H and O–H groups in total. The Hall–Kier alpha value is -2.09. The second kappa shape index (κ2) is 5.05. The summed E-state index contributed by atoms with van der Waals surface area (Å²) < 4.78 is 5.35. The van der Waals surface area contributed by atoms with Crippen LogP contribution in [0, 0.1) is 13.8 Å². The van der Waals surface area contributed by atoms with Gasteiger partial charge in [0.15, 0.2) is 6.29 Å². The van der Waals surface area contributed by atoms with Gasteiger partial charge < -0.3 is 4.74 Å². The molecule has 2 aromatic carbocycles. The molecule has 0 spiro atoms. The molecule has 0 aliphatic heterocycles. The minimum atomic E-state index is 0.710. The van der Waals surface area contributed by atoms with Crippen LogP contribution in [0.3, 0.4) is 0 Å². The topological polar surface area (TPSA) is 26.3 Å². The van der Waals surface area contributed by atoms with Crippen molar-refractivity contribution in [1.29, 1.82) is 0 Å². The maximum atomic E-state index is 11.1. The average molecular weight is 240 g/mol. The molecule has 0 amide bonds. The fourth-order valence-corrected chi connectivity index (χ4v) is 2.29. The SMILES string of the molecule is COc1c(C)cc(-c2ccccc2C=O)cc1C. The molecule has 0 heterocycles. The molecule has 0 fully saturated rings. The first-order valence-corrected chi connectivity index (χ1v) is 5.87. The van der Waals surface area contributed by atoms with Crippen LogP contribution in [0.1, 0.15) is 21.5 Å². The third-order valence-electron chi connectivity index (χ3n) is 3.06. The van der Waals surface area contributed by atoms with E-state index in [2.05, 4.69) is 0 Å². The molecule has 0 bridgehead atoms. The average Bonchev–Trinajstić information content (AvgIpc) is 2.38. The summed E-state index contributed by atoms with van der Waals surface area (Å²) in [6, 6.07) is 11.7. The molecule has 2 rings (SSSR count). The first kappa shape index (κ1) is 12.4. The smallest absolute Gasteiger partial charge is 0.150 e. The van der Waals surface area contributed by atoms with Crippen molar-refractivity contribution in [2.75, 3.05) is 7.11 Å². The molecular formula is C16H16O2. The largest absolute Gasteiger partial charge is 0.496 e. The maximum absolute atomic E-state index is 11.1. The molecule has 2 aromatic rings. The van der Waals surface area contributed by atoms with Gasteiger partial charge in [-0.1, -0.05) is 24.3 Å². The Morgan fingerprint density at radius 1 is 1.06 bits per heavy atom. The first-order valence-electron chi connectivity index (χ1n) is 5.87. The molecule has 0 atom stereocenters. The first-order chi connectivity index (χ1) is 8.67. The summed E-state index contributed by atoms with van der Waals surface area (Å²) in [4.78, 5) is 11.1. The standard InChI is InChI=1S/C16H16O2/c1-11-8-14(9-12(2)16(11)18-3)15-7-5-4-6-13(15)10-17/h4-10H,1-3H3. The Labute approximate surface area is 107 Å². The minimum absolute atomic E-state index is 0.710. The van der Waals surface area contributed by atoms with E-state index >= 15 is 0 Å². The van der Waals surface area contributed by atoms with Crippen LogP contribution in [0.25, 0.3) is 11.1 Å². The van der Waals surface area contributed by atoms with E-state index in [0.717, 1.165) is 34.3 Å². The summed E-state index contributed by atoms with van der Waals surface area (Å²) in [5.74, 6) is 0.905. The summed E-state index contributed by atoms with van der Waals surface area (Å²) in [5, 5.41) is 0. The number of aryl methyl sites for hydroxylation is 2. The van der Waals surface area contributed by atoms with E-state index in [9.17, 15) is 4.79 Å². The van der Waals surface area contributed by atoms with Gasteiger partial charge in [-0.05, 0) is 48.2 Å². The fourth-order valence-electron chi connectivity index (χ4n) is 2.29. The van der Waals surface area contributed by atoms with Gasteiger partial charge in [0.25, 0.3) is 0 Å². The van der Waals surface area contributed by atoms with Gasteiger partial charge in [-0.25, -0.2) is 0 Å². The van der Waals surface area contributed by atoms with Gasteiger partial charge in [0.1, 0.15) is 5.75 Å².